The van der Waals surface area contributed by atoms with E-state index in [1.54, 1.807) is 44.1 Å². The second-order valence-corrected chi connectivity index (χ2v) is 11.4. The molecule has 8 nitrogen and oxygen atoms in total. The molecule has 0 saturated carbocycles. The van der Waals surface area contributed by atoms with Crippen LogP contribution in [-0.4, -0.2) is 48.1 Å². The molecule has 1 heterocycles. The van der Waals surface area contributed by atoms with E-state index in [-0.39, 0.29) is 29.8 Å². The van der Waals surface area contributed by atoms with Gasteiger partial charge in [-0.15, -0.1) is 0 Å². The van der Waals surface area contributed by atoms with Crippen LogP contribution in [0.1, 0.15) is 39.0 Å². The fourth-order valence-electron chi connectivity index (χ4n) is 3.74. The number of carbonyl (C=O) groups excluding carboxylic acids is 2. The molecule has 3 aromatic rings. The van der Waals surface area contributed by atoms with Crippen LogP contribution in [0.3, 0.4) is 0 Å². The maximum atomic E-state index is 13.6. The zero-order valence-corrected chi connectivity index (χ0v) is 21.9. The summed E-state index contributed by atoms with van der Waals surface area (Å²) >= 11 is 0. The summed E-state index contributed by atoms with van der Waals surface area (Å²) in [6.07, 6.45) is 2.17. The Morgan fingerprint density at radius 3 is 2.17 bits per heavy atom. The third-order valence-corrected chi connectivity index (χ3v) is 7.71. The lowest BCUT2D eigenvalue weighted by molar-refractivity contribution is -0.133. The van der Waals surface area contributed by atoms with E-state index in [9.17, 15) is 18.0 Å². The van der Waals surface area contributed by atoms with Gasteiger partial charge in [0.15, 0.2) is 0 Å². The highest BCUT2D eigenvalue weighted by molar-refractivity contribution is 7.89. The van der Waals surface area contributed by atoms with Crippen LogP contribution >= 0.6 is 0 Å². The molecule has 0 spiro atoms. The topological polar surface area (TPSA) is 99.9 Å². The summed E-state index contributed by atoms with van der Waals surface area (Å²) in [5, 5.41) is 2.62. The van der Waals surface area contributed by atoms with E-state index in [1.807, 2.05) is 30.3 Å². The molecular formula is C27H33N3O5S. The number of hydrogen-bond donors (Lipinski definition) is 1. The van der Waals surface area contributed by atoms with Gasteiger partial charge in [-0.3, -0.25) is 9.59 Å². The number of nitrogens with one attached hydrogen (secondary N) is 1. The molecule has 1 N–H and O–H groups in total. The maximum Gasteiger partial charge on any atom is 0.244 e. The number of nitrogens with zero attached hydrogens (tertiary/aromatic N) is 2. The van der Waals surface area contributed by atoms with Gasteiger partial charge in [-0.2, -0.15) is 4.31 Å². The van der Waals surface area contributed by atoms with Crippen molar-refractivity contribution in [2.45, 2.75) is 51.1 Å². The number of rotatable bonds is 10. The highest BCUT2D eigenvalue weighted by Gasteiger charge is 2.36. The summed E-state index contributed by atoms with van der Waals surface area (Å²) in [7, 11) is -4.01. The van der Waals surface area contributed by atoms with Crippen LogP contribution < -0.4 is 5.32 Å². The van der Waals surface area contributed by atoms with Gasteiger partial charge in [-0.1, -0.05) is 30.3 Å². The maximum absolute atomic E-state index is 13.6. The van der Waals surface area contributed by atoms with Crippen molar-refractivity contribution < 1.29 is 22.4 Å². The third kappa shape index (κ3) is 7.29. The number of benzene rings is 2. The van der Waals surface area contributed by atoms with Crippen LogP contribution in [0.5, 0.6) is 0 Å². The number of anilines is 1. The number of furan rings is 1. The van der Waals surface area contributed by atoms with Crippen LogP contribution in [0.25, 0.3) is 0 Å². The molecule has 0 aliphatic rings. The zero-order chi connectivity index (χ0) is 26.3. The van der Waals surface area contributed by atoms with Gasteiger partial charge in [-0.05, 0) is 69.2 Å². The number of sulfonamides is 1. The quantitative estimate of drug-likeness (QED) is 0.438. The third-order valence-electron chi connectivity index (χ3n) is 5.58. The van der Waals surface area contributed by atoms with Crippen LogP contribution in [0, 0.1) is 0 Å². The molecule has 0 saturated heterocycles. The molecule has 2 aromatic carbocycles. The van der Waals surface area contributed by atoms with Gasteiger partial charge in [0.1, 0.15) is 5.76 Å². The van der Waals surface area contributed by atoms with Gasteiger partial charge in [-0.25, -0.2) is 8.42 Å². The molecule has 0 atom stereocenters. The Morgan fingerprint density at radius 1 is 0.944 bits per heavy atom. The minimum Gasteiger partial charge on any atom is -0.467 e. The number of carbonyl (C=O) groups is 2. The molecule has 0 bridgehead atoms. The summed E-state index contributed by atoms with van der Waals surface area (Å²) in [6, 6.07) is 19.3. The highest BCUT2D eigenvalue weighted by atomic mass is 32.2. The van der Waals surface area contributed by atoms with E-state index in [2.05, 4.69) is 5.32 Å². The predicted molar refractivity (Wildman–Crippen MR) is 139 cm³/mol. The largest absolute Gasteiger partial charge is 0.467 e. The van der Waals surface area contributed by atoms with Gasteiger partial charge in [0.2, 0.25) is 21.8 Å². The van der Waals surface area contributed by atoms with E-state index in [0.717, 1.165) is 5.56 Å². The van der Waals surface area contributed by atoms with Crippen molar-refractivity contribution in [3.63, 3.8) is 0 Å². The van der Waals surface area contributed by atoms with Crippen molar-refractivity contribution in [2.75, 3.05) is 18.4 Å². The van der Waals surface area contributed by atoms with Crippen LogP contribution in [0.15, 0.2) is 82.3 Å². The Hall–Kier alpha value is -3.43. The lowest BCUT2D eigenvalue weighted by Gasteiger charge is -2.35. The monoisotopic (exact) mass is 511 g/mol. The van der Waals surface area contributed by atoms with Gasteiger partial charge >= 0.3 is 0 Å². The molecule has 0 aliphatic heterocycles. The first-order chi connectivity index (χ1) is 17.0. The van der Waals surface area contributed by atoms with Crippen molar-refractivity contribution in [1.82, 2.24) is 9.21 Å². The smallest absolute Gasteiger partial charge is 0.244 e. The summed E-state index contributed by atoms with van der Waals surface area (Å²) < 4.78 is 33.9. The van der Waals surface area contributed by atoms with Crippen molar-refractivity contribution >= 4 is 27.5 Å². The van der Waals surface area contributed by atoms with Crippen molar-refractivity contribution in [3.05, 3.63) is 84.3 Å². The average Bonchev–Trinajstić information content (AvgIpc) is 3.33. The lowest BCUT2D eigenvalue weighted by atomic mass is 10.1. The molecule has 192 valence electrons. The molecule has 0 fully saturated rings. The van der Waals surface area contributed by atoms with Crippen molar-refractivity contribution in [3.8, 4) is 0 Å². The fraction of sp³-hybridized carbons (Fsp3) is 0.333. The first kappa shape index (κ1) is 27.2. The molecule has 36 heavy (non-hydrogen) atoms. The molecule has 0 radical (unpaired) electrons. The Bertz CT molecular complexity index is 1250. The van der Waals surface area contributed by atoms with Crippen molar-refractivity contribution in [2.24, 2.45) is 0 Å². The SMILES string of the molecule is CC(=O)Nc1ccc(S(=O)(=O)N(CC(=O)N(CCc2ccccc2)Cc2ccco2)C(C)(C)C)cc1. The molecule has 0 aliphatic carbocycles. The average molecular weight is 512 g/mol. The second-order valence-electron chi connectivity index (χ2n) is 9.52. The number of amides is 2. The summed E-state index contributed by atoms with van der Waals surface area (Å²) in [5.74, 6) is 0.0468. The summed E-state index contributed by atoms with van der Waals surface area (Å²) in [6.45, 7) is 6.97. The van der Waals surface area contributed by atoms with Crippen LogP contribution in [0.2, 0.25) is 0 Å². The minimum absolute atomic E-state index is 0.0428. The van der Waals surface area contributed by atoms with E-state index >= 15 is 0 Å². The molecule has 1 aromatic heterocycles. The Morgan fingerprint density at radius 2 is 1.61 bits per heavy atom. The number of hydrogen-bond acceptors (Lipinski definition) is 5. The molecule has 3 rings (SSSR count). The summed E-state index contributed by atoms with van der Waals surface area (Å²) in [4.78, 5) is 26.5. The van der Waals surface area contributed by atoms with Crippen LogP contribution in [0.4, 0.5) is 5.69 Å². The van der Waals surface area contributed by atoms with Gasteiger partial charge < -0.3 is 14.6 Å². The lowest BCUT2D eigenvalue weighted by Crippen LogP contribution is -2.51. The van der Waals surface area contributed by atoms with Crippen LogP contribution in [-0.2, 0) is 32.6 Å². The fourth-order valence-corrected chi connectivity index (χ4v) is 5.47. The van der Waals surface area contributed by atoms with Gasteiger partial charge in [0.05, 0.1) is 24.2 Å². The Balaban J connectivity index is 1.84. The van der Waals surface area contributed by atoms with Gasteiger partial charge in [0.25, 0.3) is 0 Å². The van der Waals surface area contributed by atoms with E-state index < -0.39 is 15.6 Å². The Kier molecular flexibility index (Phi) is 8.70. The second kappa shape index (κ2) is 11.5. The molecule has 2 amide bonds. The first-order valence-electron chi connectivity index (χ1n) is 11.7. The van der Waals surface area contributed by atoms with E-state index in [1.165, 1.54) is 35.5 Å². The van der Waals surface area contributed by atoms with Gasteiger partial charge in [0, 0.05) is 24.7 Å². The predicted octanol–water partition coefficient (Wildman–Crippen LogP) is 4.30. The molecule has 0 unspecified atom stereocenters. The first-order valence-corrected chi connectivity index (χ1v) is 13.2. The van der Waals surface area contributed by atoms with E-state index in [4.69, 9.17) is 4.42 Å². The highest BCUT2D eigenvalue weighted by Crippen LogP contribution is 2.26. The standard InChI is InChI=1S/C27H33N3O5S/c1-21(31)28-23-12-14-25(15-13-23)36(33,34)30(27(2,3)4)20-26(32)29(19-24-11-8-18-35-24)17-16-22-9-6-5-7-10-22/h5-15,18H,16-17,19-20H2,1-4H3,(H,28,31). The summed E-state index contributed by atoms with van der Waals surface area (Å²) in [5.41, 5.74) is 0.709. The minimum atomic E-state index is -4.01. The zero-order valence-electron chi connectivity index (χ0n) is 21.1. The Labute approximate surface area is 213 Å². The molecule has 9 heteroatoms. The normalized spacial score (nSPS) is 11.9. The van der Waals surface area contributed by atoms with Crippen molar-refractivity contribution in [1.29, 1.82) is 0 Å². The molecular weight excluding hydrogens is 478 g/mol. The van der Waals surface area contributed by atoms with E-state index in [0.29, 0.717) is 24.4 Å².